The number of benzene rings is 2. The minimum absolute atomic E-state index is 0.0949. The number of carbonyl (C=O) groups is 1. The molecule has 2 aromatic carbocycles. The van der Waals surface area contributed by atoms with Crippen molar-refractivity contribution < 1.29 is 9.90 Å². The van der Waals surface area contributed by atoms with Crippen LogP contribution in [0.1, 0.15) is 38.4 Å². The summed E-state index contributed by atoms with van der Waals surface area (Å²) in [6, 6.07) is 14.7. The number of aliphatic hydroxyl groups excluding tert-OH is 1. The van der Waals surface area contributed by atoms with Gasteiger partial charge in [-0.1, -0.05) is 23.7 Å². The van der Waals surface area contributed by atoms with Crippen LogP contribution in [-0.2, 0) is 6.42 Å². The highest BCUT2D eigenvalue weighted by molar-refractivity contribution is 6.31. The standard InChI is InChI=1S/C22H21ClN4O2/c1-14-20(11-16-4-3-5-17(10-16)22(29)25-8-9-28)15(2)27(26-14)19-7-6-18(13-24)21(23)12-19/h3-7,10,12,28H,8-9,11H2,1-2H3,(H,25,29). The van der Waals surface area contributed by atoms with Crippen molar-refractivity contribution in [1.29, 1.82) is 5.26 Å². The number of aliphatic hydroxyl groups is 1. The quantitative estimate of drug-likeness (QED) is 0.654. The van der Waals surface area contributed by atoms with Crippen LogP contribution >= 0.6 is 11.6 Å². The van der Waals surface area contributed by atoms with Gasteiger partial charge in [-0.25, -0.2) is 4.68 Å². The van der Waals surface area contributed by atoms with Gasteiger partial charge in [-0.05, 0) is 49.7 Å². The first-order valence-electron chi connectivity index (χ1n) is 9.17. The normalized spacial score (nSPS) is 10.6. The van der Waals surface area contributed by atoms with Gasteiger partial charge < -0.3 is 10.4 Å². The number of nitrogens with zero attached hydrogens (tertiary/aromatic N) is 3. The van der Waals surface area contributed by atoms with Crippen molar-refractivity contribution in [3.8, 4) is 11.8 Å². The van der Waals surface area contributed by atoms with Gasteiger partial charge in [-0.15, -0.1) is 0 Å². The number of aryl methyl sites for hydroxylation is 1. The van der Waals surface area contributed by atoms with Crippen molar-refractivity contribution in [2.75, 3.05) is 13.2 Å². The molecule has 0 spiro atoms. The Labute approximate surface area is 174 Å². The highest BCUT2D eigenvalue weighted by Gasteiger charge is 2.15. The van der Waals surface area contributed by atoms with Crippen LogP contribution in [0.2, 0.25) is 5.02 Å². The summed E-state index contributed by atoms with van der Waals surface area (Å²) in [5.74, 6) is -0.211. The Bertz CT molecular complexity index is 1100. The van der Waals surface area contributed by atoms with E-state index < -0.39 is 0 Å². The molecule has 0 saturated heterocycles. The Morgan fingerprint density at radius 3 is 2.76 bits per heavy atom. The second kappa shape index (κ2) is 8.91. The highest BCUT2D eigenvalue weighted by atomic mass is 35.5. The van der Waals surface area contributed by atoms with Crippen LogP contribution in [-0.4, -0.2) is 33.9 Å². The van der Waals surface area contributed by atoms with Crippen LogP contribution in [0, 0.1) is 25.2 Å². The first-order chi connectivity index (χ1) is 13.9. The molecule has 2 N–H and O–H groups in total. The minimum Gasteiger partial charge on any atom is -0.395 e. The second-order valence-corrected chi connectivity index (χ2v) is 7.10. The molecule has 1 heterocycles. The van der Waals surface area contributed by atoms with E-state index in [2.05, 4.69) is 16.5 Å². The number of carbonyl (C=O) groups excluding carboxylic acids is 1. The van der Waals surface area contributed by atoms with Crippen molar-refractivity contribution >= 4 is 17.5 Å². The van der Waals surface area contributed by atoms with Crippen molar-refractivity contribution in [3.05, 3.63) is 81.1 Å². The van der Waals surface area contributed by atoms with Crippen LogP contribution in [0.4, 0.5) is 0 Å². The highest BCUT2D eigenvalue weighted by Crippen LogP contribution is 2.24. The predicted molar refractivity (Wildman–Crippen MR) is 111 cm³/mol. The van der Waals surface area contributed by atoms with Gasteiger partial charge in [0.15, 0.2) is 0 Å². The number of amides is 1. The van der Waals surface area contributed by atoms with Crippen molar-refractivity contribution in [2.24, 2.45) is 0 Å². The fourth-order valence-electron chi connectivity index (χ4n) is 3.21. The Hall–Kier alpha value is -3.14. The number of halogens is 1. The summed E-state index contributed by atoms with van der Waals surface area (Å²) in [5.41, 5.74) is 5.68. The Morgan fingerprint density at radius 1 is 1.28 bits per heavy atom. The third-order valence-electron chi connectivity index (χ3n) is 4.73. The predicted octanol–water partition coefficient (Wildman–Crippen LogP) is 3.33. The first-order valence-corrected chi connectivity index (χ1v) is 9.55. The van der Waals surface area contributed by atoms with Crippen LogP contribution in [0.5, 0.6) is 0 Å². The van der Waals surface area contributed by atoms with Gasteiger partial charge in [-0.2, -0.15) is 10.4 Å². The van der Waals surface area contributed by atoms with E-state index in [0.717, 1.165) is 28.2 Å². The van der Waals surface area contributed by atoms with Gasteiger partial charge in [0.25, 0.3) is 5.91 Å². The molecule has 0 unspecified atom stereocenters. The molecule has 0 fully saturated rings. The smallest absolute Gasteiger partial charge is 0.251 e. The van der Waals surface area contributed by atoms with E-state index in [-0.39, 0.29) is 19.1 Å². The maximum atomic E-state index is 12.1. The SMILES string of the molecule is Cc1nn(-c2ccc(C#N)c(Cl)c2)c(C)c1Cc1cccc(C(=O)NCCO)c1. The van der Waals surface area contributed by atoms with E-state index in [0.29, 0.717) is 22.6 Å². The van der Waals surface area contributed by atoms with Gasteiger partial charge >= 0.3 is 0 Å². The van der Waals surface area contributed by atoms with Gasteiger partial charge in [0, 0.05) is 29.8 Å². The van der Waals surface area contributed by atoms with Gasteiger partial charge in [0.1, 0.15) is 6.07 Å². The van der Waals surface area contributed by atoms with Gasteiger partial charge in [0.2, 0.25) is 0 Å². The molecule has 148 valence electrons. The third-order valence-corrected chi connectivity index (χ3v) is 5.04. The minimum atomic E-state index is -0.211. The average Bonchev–Trinajstić information content (AvgIpc) is 3.00. The fraction of sp³-hybridized carbons (Fsp3) is 0.227. The zero-order valence-corrected chi connectivity index (χ0v) is 17.0. The molecule has 1 amide bonds. The number of hydrogen-bond donors (Lipinski definition) is 2. The van der Waals surface area contributed by atoms with Crippen molar-refractivity contribution in [1.82, 2.24) is 15.1 Å². The van der Waals surface area contributed by atoms with Crippen molar-refractivity contribution in [2.45, 2.75) is 20.3 Å². The molecule has 3 aromatic rings. The molecular weight excluding hydrogens is 388 g/mol. The van der Waals surface area contributed by atoms with Crippen LogP contribution < -0.4 is 5.32 Å². The molecule has 7 heteroatoms. The molecule has 0 aliphatic rings. The summed E-state index contributed by atoms with van der Waals surface area (Å²) in [4.78, 5) is 12.1. The number of nitrogens with one attached hydrogen (secondary N) is 1. The Kier molecular flexibility index (Phi) is 6.32. The zero-order valence-electron chi connectivity index (χ0n) is 16.2. The molecular formula is C22H21ClN4O2. The first kappa shape index (κ1) is 20.6. The average molecular weight is 409 g/mol. The largest absolute Gasteiger partial charge is 0.395 e. The number of hydrogen-bond acceptors (Lipinski definition) is 4. The summed E-state index contributed by atoms with van der Waals surface area (Å²) in [6.07, 6.45) is 0.628. The lowest BCUT2D eigenvalue weighted by Gasteiger charge is -2.08. The Balaban J connectivity index is 1.89. The molecule has 0 aliphatic heterocycles. The lowest BCUT2D eigenvalue weighted by atomic mass is 10.0. The third kappa shape index (κ3) is 4.48. The zero-order chi connectivity index (χ0) is 21.0. The van der Waals surface area contributed by atoms with E-state index in [1.807, 2.05) is 42.8 Å². The molecule has 6 nitrogen and oxygen atoms in total. The fourth-order valence-corrected chi connectivity index (χ4v) is 3.42. The molecule has 0 saturated carbocycles. The van der Waals surface area contributed by atoms with Crippen LogP contribution in [0.15, 0.2) is 42.5 Å². The summed E-state index contributed by atoms with van der Waals surface area (Å²) in [6.45, 7) is 4.06. The second-order valence-electron chi connectivity index (χ2n) is 6.69. The summed E-state index contributed by atoms with van der Waals surface area (Å²) >= 11 is 6.17. The number of nitriles is 1. The molecule has 0 bridgehead atoms. The topological polar surface area (TPSA) is 90.9 Å². The Morgan fingerprint density at radius 2 is 2.07 bits per heavy atom. The number of aromatic nitrogens is 2. The molecule has 1 aromatic heterocycles. The summed E-state index contributed by atoms with van der Waals surface area (Å²) in [7, 11) is 0. The van der Waals surface area contributed by atoms with Crippen LogP contribution in [0.25, 0.3) is 5.69 Å². The van der Waals surface area contributed by atoms with E-state index in [1.54, 1.807) is 18.2 Å². The lowest BCUT2D eigenvalue weighted by Crippen LogP contribution is -2.26. The van der Waals surface area contributed by atoms with E-state index >= 15 is 0 Å². The van der Waals surface area contributed by atoms with E-state index in [1.165, 1.54) is 0 Å². The summed E-state index contributed by atoms with van der Waals surface area (Å²) < 4.78 is 1.81. The van der Waals surface area contributed by atoms with E-state index in [4.69, 9.17) is 22.0 Å². The lowest BCUT2D eigenvalue weighted by molar-refractivity contribution is 0.0944. The van der Waals surface area contributed by atoms with E-state index in [9.17, 15) is 4.79 Å². The van der Waals surface area contributed by atoms with Crippen molar-refractivity contribution in [3.63, 3.8) is 0 Å². The molecule has 0 radical (unpaired) electrons. The maximum Gasteiger partial charge on any atom is 0.251 e. The maximum absolute atomic E-state index is 12.1. The monoisotopic (exact) mass is 408 g/mol. The molecule has 0 atom stereocenters. The van der Waals surface area contributed by atoms with Crippen LogP contribution in [0.3, 0.4) is 0 Å². The molecule has 29 heavy (non-hydrogen) atoms. The summed E-state index contributed by atoms with van der Waals surface area (Å²) in [5, 5.41) is 25.6. The molecule has 3 rings (SSSR count). The van der Waals surface area contributed by atoms with Gasteiger partial charge in [-0.3, -0.25) is 4.79 Å². The number of rotatable bonds is 6. The molecule has 0 aliphatic carbocycles. The van der Waals surface area contributed by atoms with Gasteiger partial charge in [0.05, 0.1) is 28.6 Å².